The Balaban J connectivity index is 2.80. The van der Waals surface area contributed by atoms with E-state index < -0.39 is 0 Å². The fourth-order valence-electron chi connectivity index (χ4n) is 2.12. The summed E-state index contributed by atoms with van der Waals surface area (Å²) >= 11 is 1.82. The molecule has 0 fully saturated rings. The molecule has 0 saturated heterocycles. The molecule has 0 saturated carbocycles. The van der Waals surface area contributed by atoms with Gasteiger partial charge in [-0.25, -0.2) is 0 Å². The van der Waals surface area contributed by atoms with Crippen molar-refractivity contribution in [3.05, 3.63) is 35.9 Å². The lowest BCUT2D eigenvalue weighted by atomic mass is 10.0. The number of ketones is 1. The van der Waals surface area contributed by atoms with Crippen molar-refractivity contribution in [1.82, 2.24) is 4.90 Å². The fourth-order valence-corrected chi connectivity index (χ4v) is 2.84. The molecule has 0 N–H and O–H groups in total. The number of nitrogens with zero attached hydrogens (tertiary/aromatic N) is 1. The molecule has 1 aromatic rings. The van der Waals surface area contributed by atoms with E-state index in [1.165, 1.54) is 0 Å². The van der Waals surface area contributed by atoms with Crippen molar-refractivity contribution in [2.24, 2.45) is 0 Å². The highest BCUT2D eigenvalue weighted by Crippen LogP contribution is 2.15. The van der Waals surface area contributed by atoms with Crippen LogP contribution in [0.5, 0.6) is 0 Å². The van der Waals surface area contributed by atoms with Crippen molar-refractivity contribution < 1.29 is 4.79 Å². The maximum absolute atomic E-state index is 12.5. The van der Waals surface area contributed by atoms with E-state index in [1.807, 2.05) is 42.1 Å². The van der Waals surface area contributed by atoms with E-state index in [0.29, 0.717) is 6.04 Å². The van der Waals surface area contributed by atoms with Crippen molar-refractivity contribution in [1.29, 1.82) is 0 Å². The number of thioether (sulfide) groups is 1. The maximum Gasteiger partial charge on any atom is 0.179 e. The van der Waals surface area contributed by atoms with Crippen LogP contribution in [0.25, 0.3) is 0 Å². The Morgan fingerprint density at radius 3 is 2.44 bits per heavy atom. The van der Waals surface area contributed by atoms with Crippen LogP contribution in [0.15, 0.2) is 30.3 Å². The summed E-state index contributed by atoms with van der Waals surface area (Å²) < 4.78 is 0. The first kappa shape index (κ1) is 15.3. The van der Waals surface area contributed by atoms with Gasteiger partial charge in [-0.1, -0.05) is 37.3 Å². The Labute approximate surface area is 115 Å². The topological polar surface area (TPSA) is 20.3 Å². The minimum atomic E-state index is -0.0189. The predicted molar refractivity (Wildman–Crippen MR) is 80.5 cm³/mol. The zero-order chi connectivity index (χ0) is 13.5. The number of Topliss-reactive ketones (excluding diaryl/α,β-unsaturated/α-hetero) is 1. The van der Waals surface area contributed by atoms with E-state index in [4.69, 9.17) is 0 Å². The van der Waals surface area contributed by atoms with Crippen LogP contribution >= 0.6 is 11.8 Å². The van der Waals surface area contributed by atoms with Gasteiger partial charge in [0, 0.05) is 17.4 Å². The molecule has 1 rings (SSSR count). The lowest BCUT2D eigenvalue weighted by Gasteiger charge is -2.31. The smallest absolute Gasteiger partial charge is 0.179 e. The Kier molecular flexibility index (Phi) is 6.44. The highest BCUT2D eigenvalue weighted by atomic mass is 32.2. The molecule has 0 aliphatic rings. The number of hydrogen-bond acceptors (Lipinski definition) is 3. The predicted octanol–water partition coefficient (Wildman–Crippen LogP) is 3.33. The van der Waals surface area contributed by atoms with E-state index in [0.717, 1.165) is 17.7 Å². The standard InChI is InChI=1S/C15H23NOS/c1-5-14(16(3)12(2)11-18-4)15(17)13-9-7-6-8-10-13/h6-10,12,14H,5,11H2,1-4H3. The van der Waals surface area contributed by atoms with Crippen molar-refractivity contribution >= 4 is 17.5 Å². The summed E-state index contributed by atoms with van der Waals surface area (Å²) in [4.78, 5) is 14.7. The molecule has 0 bridgehead atoms. The third-order valence-corrected chi connectivity index (χ3v) is 4.16. The van der Waals surface area contributed by atoms with Crippen molar-refractivity contribution in [2.75, 3.05) is 19.1 Å². The average molecular weight is 265 g/mol. The molecule has 3 heteroatoms. The van der Waals surface area contributed by atoms with Gasteiger partial charge in [0.2, 0.25) is 0 Å². The van der Waals surface area contributed by atoms with Gasteiger partial charge in [0.05, 0.1) is 6.04 Å². The molecule has 0 aromatic heterocycles. The Morgan fingerprint density at radius 1 is 1.33 bits per heavy atom. The van der Waals surface area contributed by atoms with Gasteiger partial charge in [0.1, 0.15) is 0 Å². The highest BCUT2D eigenvalue weighted by Gasteiger charge is 2.25. The first-order valence-electron chi connectivity index (χ1n) is 6.41. The van der Waals surface area contributed by atoms with Crippen LogP contribution in [-0.2, 0) is 0 Å². The summed E-state index contributed by atoms with van der Waals surface area (Å²) in [6, 6.07) is 9.98. The van der Waals surface area contributed by atoms with Gasteiger partial charge >= 0.3 is 0 Å². The van der Waals surface area contributed by atoms with Gasteiger partial charge < -0.3 is 0 Å². The first-order chi connectivity index (χ1) is 8.61. The summed E-state index contributed by atoms with van der Waals surface area (Å²) in [5.74, 6) is 1.28. The van der Waals surface area contributed by atoms with Gasteiger partial charge in [-0.2, -0.15) is 11.8 Å². The van der Waals surface area contributed by atoms with Gasteiger partial charge in [-0.15, -0.1) is 0 Å². The second-order valence-corrected chi connectivity index (χ2v) is 5.53. The zero-order valence-corrected chi connectivity index (χ0v) is 12.5. The molecule has 2 nitrogen and oxygen atoms in total. The van der Waals surface area contributed by atoms with Crippen LogP contribution in [0, 0.1) is 0 Å². The molecule has 2 unspecified atom stereocenters. The SMILES string of the molecule is CCC(C(=O)c1ccccc1)N(C)C(C)CSC. The first-order valence-corrected chi connectivity index (χ1v) is 7.81. The highest BCUT2D eigenvalue weighted by molar-refractivity contribution is 7.98. The minimum absolute atomic E-state index is 0.0189. The third-order valence-electron chi connectivity index (χ3n) is 3.34. The normalized spacial score (nSPS) is 14.5. The minimum Gasteiger partial charge on any atom is -0.293 e. The monoisotopic (exact) mass is 265 g/mol. The molecule has 1 aromatic carbocycles. The molecule has 0 amide bonds. The van der Waals surface area contributed by atoms with E-state index in [2.05, 4.69) is 32.1 Å². The lowest BCUT2D eigenvalue weighted by molar-refractivity contribution is 0.0811. The number of hydrogen-bond donors (Lipinski definition) is 0. The van der Waals surface area contributed by atoms with Crippen LogP contribution in [0.1, 0.15) is 30.6 Å². The van der Waals surface area contributed by atoms with Crippen LogP contribution in [0.2, 0.25) is 0 Å². The molecule has 0 heterocycles. The van der Waals surface area contributed by atoms with E-state index in [1.54, 1.807) is 0 Å². The van der Waals surface area contributed by atoms with Gasteiger partial charge in [-0.3, -0.25) is 9.69 Å². The Morgan fingerprint density at radius 2 is 1.94 bits per heavy atom. The molecule has 18 heavy (non-hydrogen) atoms. The molecular weight excluding hydrogens is 242 g/mol. The molecule has 0 spiro atoms. The van der Waals surface area contributed by atoms with E-state index >= 15 is 0 Å². The van der Waals surface area contributed by atoms with Crippen LogP contribution < -0.4 is 0 Å². The van der Waals surface area contributed by atoms with Crippen LogP contribution in [0.3, 0.4) is 0 Å². The summed E-state index contributed by atoms with van der Waals surface area (Å²) in [7, 11) is 2.05. The number of benzene rings is 1. The third kappa shape index (κ3) is 3.85. The van der Waals surface area contributed by atoms with Crippen LogP contribution in [-0.4, -0.2) is 41.8 Å². The van der Waals surface area contributed by atoms with Gasteiger partial charge in [0.25, 0.3) is 0 Å². The average Bonchev–Trinajstić information content (AvgIpc) is 2.40. The quantitative estimate of drug-likeness (QED) is 0.705. The molecule has 0 aliphatic carbocycles. The van der Waals surface area contributed by atoms with Gasteiger partial charge in [0.15, 0.2) is 5.78 Å². The van der Waals surface area contributed by atoms with Crippen molar-refractivity contribution in [2.45, 2.75) is 32.4 Å². The number of carbonyl (C=O) groups excluding carboxylic acids is 1. The van der Waals surface area contributed by atoms with E-state index in [9.17, 15) is 4.79 Å². The summed E-state index contributed by atoms with van der Waals surface area (Å²) in [5, 5.41) is 0. The number of rotatable bonds is 7. The summed E-state index contributed by atoms with van der Waals surface area (Å²) in [5.41, 5.74) is 0.813. The second kappa shape index (κ2) is 7.59. The molecular formula is C15H23NOS. The molecule has 0 radical (unpaired) electrons. The van der Waals surface area contributed by atoms with Crippen molar-refractivity contribution in [3.8, 4) is 0 Å². The summed E-state index contributed by atoms with van der Waals surface area (Å²) in [6.07, 6.45) is 2.95. The molecule has 2 atom stereocenters. The maximum atomic E-state index is 12.5. The lowest BCUT2D eigenvalue weighted by Crippen LogP contribution is -2.44. The molecule has 100 valence electrons. The van der Waals surface area contributed by atoms with Crippen LogP contribution in [0.4, 0.5) is 0 Å². The van der Waals surface area contributed by atoms with Gasteiger partial charge in [-0.05, 0) is 26.6 Å². The second-order valence-electron chi connectivity index (χ2n) is 4.62. The molecule has 0 aliphatic heterocycles. The zero-order valence-electron chi connectivity index (χ0n) is 11.7. The summed E-state index contributed by atoms with van der Waals surface area (Å²) in [6.45, 7) is 4.26. The largest absolute Gasteiger partial charge is 0.293 e. The van der Waals surface area contributed by atoms with E-state index in [-0.39, 0.29) is 11.8 Å². The van der Waals surface area contributed by atoms with Crippen molar-refractivity contribution in [3.63, 3.8) is 0 Å². The number of likely N-dealkylation sites (N-methyl/N-ethyl adjacent to an activating group) is 1. The Hall–Kier alpha value is -0.800. The fraction of sp³-hybridized carbons (Fsp3) is 0.533. The number of carbonyl (C=O) groups is 1. The Bertz CT molecular complexity index is 366.